The van der Waals surface area contributed by atoms with Crippen molar-refractivity contribution in [1.29, 1.82) is 0 Å². The standard InChI is InChI=1S/C16H27NOS/c1-13(2)18-10-5-8-17-9-11-19-16-7-6-14(3)15(4)12-16/h6-7,12-13,17H,5,8-11H2,1-4H3. The Morgan fingerprint density at radius 2 is 1.95 bits per heavy atom. The van der Waals surface area contributed by atoms with Gasteiger partial charge in [-0.1, -0.05) is 6.07 Å². The van der Waals surface area contributed by atoms with E-state index in [1.807, 2.05) is 11.8 Å². The topological polar surface area (TPSA) is 21.3 Å². The van der Waals surface area contributed by atoms with Crippen LogP contribution in [0.15, 0.2) is 23.1 Å². The third-order valence-electron chi connectivity index (χ3n) is 2.98. The van der Waals surface area contributed by atoms with Crippen molar-refractivity contribution in [2.75, 3.05) is 25.4 Å². The predicted octanol–water partition coefficient (Wildman–Crippen LogP) is 3.80. The Morgan fingerprint density at radius 1 is 1.16 bits per heavy atom. The van der Waals surface area contributed by atoms with Gasteiger partial charge in [0, 0.05) is 23.8 Å². The first-order valence-corrected chi connectivity index (χ1v) is 8.10. The Kier molecular flexibility index (Phi) is 8.19. The molecule has 0 saturated carbocycles. The van der Waals surface area contributed by atoms with Crippen molar-refractivity contribution in [2.24, 2.45) is 0 Å². The summed E-state index contributed by atoms with van der Waals surface area (Å²) in [4.78, 5) is 1.37. The Balaban J connectivity index is 2.03. The number of aryl methyl sites for hydroxylation is 2. The molecule has 0 aliphatic heterocycles. The van der Waals surface area contributed by atoms with Gasteiger partial charge in [-0.3, -0.25) is 0 Å². The van der Waals surface area contributed by atoms with E-state index in [-0.39, 0.29) is 0 Å². The quantitative estimate of drug-likeness (QED) is 0.549. The maximum Gasteiger partial charge on any atom is 0.0518 e. The minimum absolute atomic E-state index is 0.348. The average Bonchev–Trinajstić information content (AvgIpc) is 2.36. The average molecular weight is 281 g/mol. The van der Waals surface area contributed by atoms with Crippen LogP contribution in [0.2, 0.25) is 0 Å². The summed E-state index contributed by atoms with van der Waals surface area (Å²) in [6, 6.07) is 6.69. The van der Waals surface area contributed by atoms with Gasteiger partial charge in [-0.2, -0.15) is 0 Å². The maximum atomic E-state index is 5.50. The number of hydrogen-bond acceptors (Lipinski definition) is 3. The molecule has 3 heteroatoms. The third kappa shape index (κ3) is 7.61. The summed E-state index contributed by atoms with van der Waals surface area (Å²) < 4.78 is 5.50. The van der Waals surface area contributed by atoms with Crippen molar-refractivity contribution in [3.05, 3.63) is 29.3 Å². The lowest BCUT2D eigenvalue weighted by atomic mass is 10.1. The highest BCUT2D eigenvalue weighted by atomic mass is 32.2. The van der Waals surface area contributed by atoms with Crippen molar-refractivity contribution in [1.82, 2.24) is 5.32 Å². The van der Waals surface area contributed by atoms with E-state index in [0.717, 1.165) is 31.9 Å². The molecule has 19 heavy (non-hydrogen) atoms. The van der Waals surface area contributed by atoms with Gasteiger partial charge >= 0.3 is 0 Å². The van der Waals surface area contributed by atoms with E-state index in [0.29, 0.717) is 6.10 Å². The molecule has 0 aromatic heterocycles. The molecular formula is C16H27NOS. The van der Waals surface area contributed by atoms with Crippen LogP contribution in [0.5, 0.6) is 0 Å². The monoisotopic (exact) mass is 281 g/mol. The molecule has 0 fully saturated rings. The normalized spacial score (nSPS) is 11.2. The van der Waals surface area contributed by atoms with E-state index in [2.05, 4.69) is 51.2 Å². The SMILES string of the molecule is Cc1ccc(SCCNCCCOC(C)C)cc1C. The van der Waals surface area contributed by atoms with Crippen molar-refractivity contribution in [3.63, 3.8) is 0 Å². The first kappa shape index (κ1) is 16.5. The molecule has 0 radical (unpaired) electrons. The maximum absolute atomic E-state index is 5.50. The molecule has 0 bridgehead atoms. The predicted molar refractivity (Wildman–Crippen MR) is 85.2 cm³/mol. The molecule has 0 saturated heterocycles. The first-order valence-electron chi connectivity index (χ1n) is 7.12. The highest BCUT2D eigenvalue weighted by Crippen LogP contribution is 2.20. The zero-order valence-electron chi connectivity index (χ0n) is 12.7. The Morgan fingerprint density at radius 3 is 2.63 bits per heavy atom. The van der Waals surface area contributed by atoms with Crippen LogP contribution in [-0.2, 0) is 4.74 Å². The molecule has 108 valence electrons. The van der Waals surface area contributed by atoms with E-state index >= 15 is 0 Å². The van der Waals surface area contributed by atoms with Crippen LogP contribution in [0.25, 0.3) is 0 Å². The molecule has 1 N–H and O–H groups in total. The lowest BCUT2D eigenvalue weighted by molar-refractivity contribution is 0.0772. The Hall–Kier alpha value is -0.510. The van der Waals surface area contributed by atoms with E-state index < -0.39 is 0 Å². The molecule has 0 atom stereocenters. The fourth-order valence-corrected chi connectivity index (χ4v) is 2.59. The molecule has 0 aliphatic rings. The molecule has 1 aromatic rings. The summed E-state index contributed by atoms with van der Waals surface area (Å²) in [5.41, 5.74) is 2.75. The summed E-state index contributed by atoms with van der Waals surface area (Å²) in [5.74, 6) is 1.12. The second kappa shape index (κ2) is 9.40. The van der Waals surface area contributed by atoms with E-state index in [4.69, 9.17) is 4.74 Å². The molecule has 0 unspecified atom stereocenters. The van der Waals surface area contributed by atoms with Crippen molar-refractivity contribution in [3.8, 4) is 0 Å². The van der Waals surface area contributed by atoms with Gasteiger partial charge < -0.3 is 10.1 Å². The summed E-state index contributed by atoms with van der Waals surface area (Å²) in [7, 11) is 0. The van der Waals surface area contributed by atoms with Gasteiger partial charge in [0.1, 0.15) is 0 Å². The number of hydrogen-bond donors (Lipinski definition) is 1. The Bertz CT molecular complexity index is 366. The van der Waals surface area contributed by atoms with Gasteiger partial charge in [0.05, 0.1) is 6.10 Å². The summed E-state index contributed by atoms with van der Waals surface area (Å²) in [5, 5.41) is 3.45. The zero-order chi connectivity index (χ0) is 14.1. The number of rotatable bonds is 9. The lowest BCUT2D eigenvalue weighted by Crippen LogP contribution is -2.20. The van der Waals surface area contributed by atoms with Crippen molar-refractivity contribution in [2.45, 2.75) is 45.1 Å². The van der Waals surface area contributed by atoms with Gasteiger partial charge in [0.2, 0.25) is 0 Å². The van der Waals surface area contributed by atoms with Gasteiger partial charge in [-0.05, 0) is 63.9 Å². The number of nitrogens with one attached hydrogen (secondary N) is 1. The molecule has 0 heterocycles. The van der Waals surface area contributed by atoms with E-state index in [1.165, 1.54) is 16.0 Å². The van der Waals surface area contributed by atoms with Crippen LogP contribution in [-0.4, -0.2) is 31.6 Å². The fraction of sp³-hybridized carbons (Fsp3) is 0.625. The highest BCUT2D eigenvalue weighted by molar-refractivity contribution is 7.99. The van der Waals surface area contributed by atoms with Crippen LogP contribution in [0, 0.1) is 13.8 Å². The van der Waals surface area contributed by atoms with Gasteiger partial charge in [-0.15, -0.1) is 11.8 Å². The summed E-state index contributed by atoms with van der Waals surface area (Å²) in [6.45, 7) is 11.4. The van der Waals surface area contributed by atoms with E-state index in [9.17, 15) is 0 Å². The van der Waals surface area contributed by atoms with Crippen LogP contribution in [0.4, 0.5) is 0 Å². The summed E-state index contributed by atoms with van der Waals surface area (Å²) in [6.07, 6.45) is 1.44. The van der Waals surface area contributed by atoms with Gasteiger partial charge in [0.15, 0.2) is 0 Å². The molecule has 0 aliphatic carbocycles. The van der Waals surface area contributed by atoms with Crippen LogP contribution in [0.3, 0.4) is 0 Å². The smallest absolute Gasteiger partial charge is 0.0518 e. The van der Waals surface area contributed by atoms with Crippen LogP contribution < -0.4 is 5.32 Å². The minimum Gasteiger partial charge on any atom is -0.379 e. The number of thioether (sulfide) groups is 1. The third-order valence-corrected chi connectivity index (χ3v) is 3.97. The second-order valence-corrected chi connectivity index (χ2v) is 6.29. The second-order valence-electron chi connectivity index (χ2n) is 5.12. The minimum atomic E-state index is 0.348. The summed E-state index contributed by atoms with van der Waals surface area (Å²) >= 11 is 1.92. The van der Waals surface area contributed by atoms with Crippen molar-refractivity contribution < 1.29 is 4.74 Å². The molecule has 1 rings (SSSR count). The van der Waals surface area contributed by atoms with Gasteiger partial charge in [0.25, 0.3) is 0 Å². The zero-order valence-corrected chi connectivity index (χ0v) is 13.5. The Labute approximate surface area is 122 Å². The van der Waals surface area contributed by atoms with Crippen molar-refractivity contribution >= 4 is 11.8 Å². The molecule has 0 spiro atoms. The molecule has 1 aromatic carbocycles. The molecular weight excluding hydrogens is 254 g/mol. The lowest BCUT2D eigenvalue weighted by Gasteiger charge is -2.08. The molecule has 0 amide bonds. The largest absolute Gasteiger partial charge is 0.379 e. The first-order chi connectivity index (χ1) is 9.09. The van der Waals surface area contributed by atoms with Crippen LogP contribution in [0.1, 0.15) is 31.4 Å². The fourth-order valence-electron chi connectivity index (χ4n) is 1.69. The number of benzene rings is 1. The molecule has 2 nitrogen and oxygen atoms in total. The van der Waals surface area contributed by atoms with Gasteiger partial charge in [-0.25, -0.2) is 0 Å². The highest BCUT2D eigenvalue weighted by Gasteiger charge is 1.97. The van der Waals surface area contributed by atoms with Crippen LogP contribution >= 0.6 is 11.8 Å². The number of ether oxygens (including phenoxy) is 1. The van der Waals surface area contributed by atoms with E-state index in [1.54, 1.807) is 0 Å².